The molecule has 3 aromatic heterocycles. The third-order valence-electron chi connectivity index (χ3n) is 6.27. The Morgan fingerprint density at radius 3 is 2.70 bits per heavy atom. The van der Waals surface area contributed by atoms with E-state index >= 15 is 0 Å². The van der Waals surface area contributed by atoms with Gasteiger partial charge in [-0.05, 0) is 64.3 Å². The Balaban J connectivity index is 1.29. The smallest absolute Gasteiger partial charge is 0.330 e. The van der Waals surface area contributed by atoms with Crippen molar-refractivity contribution in [2.24, 2.45) is 0 Å². The third kappa shape index (κ3) is 4.02. The fourth-order valence-electron chi connectivity index (χ4n) is 4.51. The van der Waals surface area contributed by atoms with Gasteiger partial charge in [0.15, 0.2) is 0 Å². The van der Waals surface area contributed by atoms with Gasteiger partial charge < -0.3 is 15.2 Å². The van der Waals surface area contributed by atoms with E-state index in [0.717, 1.165) is 70.6 Å². The summed E-state index contributed by atoms with van der Waals surface area (Å²) in [5.41, 5.74) is 6.16. The number of pyridine rings is 1. The van der Waals surface area contributed by atoms with Gasteiger partial charge in [0.2, 0.25) is 0 Å². The van der Waals surface area contributed by atoms with Crippen LogP contribution in [-0.2, 0) is 6.54 Å². The molecule has 5 rings (SSSR count). The highest BCUT2D eigenvalue weighted by Crippen LogP contribution is 2.29. The Morgan fingerprint density at radius 2 is 1.97 bits per heavy atom. The first-order chi connectivity index (χ1) is 15.9. The van der Waals surface area contributed by atoms with Crippen molar-refractivity contribution < 1.29 is 4.79 Å². The number of H-pyrrole nitrogens is 1. The van der Waals surface area contributed by atoms with E-state index in [1.165, 1.54) is 0 Å². The lowest BCUT2D eigenvalue weighted by atomic mass is 10.1. The number of amides is 1. The average molecular weight is 509 g/mol. The Hall–Kier alpha value is -3.17. The molecule has 0 aliphatic carbocycles. The molecule has 1 aromatic carbocycles. The van der Waals surface area contributed by atoms with Gasteiger partial charge in [-0.25, -0.2) is 4.79 Å². The molecule has 0 spiro atoms. The number of anilines is 1. The van der Waals surface area contributed by atoms with Gasteiger partial charge in [-0.1, -0.05) is 0 Å². The molecule has 0 saturated carbocycles. The Morgan fingerprint density at radius 1 is 1.18 bits per heavy atom. The van der Waals surface area contributed by atoms with Gasteiger partial charge in [0.1, 0.15) is 5.52 Å². The molecule has 1 amide bonds. The second kappa shape index (κ2) is 8.64. The molecule has 8 nitrogen and oxygen atoms in total. The molecule has 170 valence electrons. The molecule has 0 bridgehead atoms. The van der Waals surface area contributed by atoms with Crippen LogP contribution in [0.1, 0.15) is 21.5 Å². The minimum atomic E-state index is -0.147. The number of piperazine rings is 1. The van der Waals surface area contributed by atoms with Crippen LogP contribution in [-0.4, -0.2) is 58.4 Å². The van der Waals surface area contributed by atoms with Gasteiger partial charge in [0.25, 0.3) is 5.91 Å². The molecule has 33 heavy (non-hydrogen) atoms. The molecule has 1 fully saturated rings. The van der Waals surface area contributed by atoms with E-state index in [4.69, 9.17) is 0 Å². The van der Waals surface area contributed by atoms with Crippen LogP contribution in [0.3, 0.4) is 0 Å². The Bertz CT molecular complexity index is 1420. The fraction of sp³-hybridized carbons (Fsp3) is 0.292. The minimum absolute atomic E-state index is 0.0923. The first kappa shape index (κ1) is 21.7. The van der Waals surface area contributed by atoms with E-state index < -0.39 is 0 Å². The molecule has 9 heteroatoms. The number of aryl methyl sites for hydroxylation is 1. The van der Waals surface area contributed by atoms with Gasteiger partial charge in [0, 0.05) is 62.2 Å². The molecule has 4 aromatic rings. The van der Waals surface area contributed by atoms with Crippen LogP contribution in [0.15, 0.2) is 52.0 Å². The molecule has 0 atom stereocenters. The normalized spacial score (nSPS) is 14.8. The second-order valence-electron chi connectivity index (χ2n) is 8.40. The van der Waals surface area contributed by atoms with Gasteiger partial charge in [-0.2, -0.15) is 0 Å². The Labute approximate surface area is 199 Å². The van der Waals surface area contributed by atoms with E-state index in [0.29, 0.717) is 5.56 Å². The number of benzene rings is 1. The molecule has 2 N–H and O–H groups in total. The number of carbonyl (C=O) groups excluding carboxylic acids is 1. The highest BCUT2D eigenvalue weighted by Gasteiger charge is 2.20. The van der Waals surface area contributed by atoms with Crippen molar-refractivity contribution in [2.45, 2.75) is 13.5 Å². The van der Waals surface area contributed by atoms with Crippen LogP contribution in [0.2, 0.25) is 0 Å². The lowest BCUT2D eigenvalue weighted by molar-refractivity contribution is 0.0963. The van der Waals surface area contributed by atoms with Crippen LogP contribution in [0.5, 0.6) is 0 Å². The highest BCUT2D eigenvalue weighted by atomic mass is 79.9. The quantitative estimate of drug-likeness (QED) is 0.442. The van der Waals surface area contributed by atoms with Crippen LogP contribution < -0.4 is 15.9 Å². The standard InChI is InChI=1S/C24H25BrN6O2/c1-15-5-6-31-22(15)21-19(28-24(31)33)11-16(13-27-21)14-29-7-9-30(10-8-29)20-4-3-17(12-18(20)25)23(32)26-2/h3-6,11-13H,7-10,14H2,1-2H3,(H,26,32)(H,28,33). The highest BCUT2D eigenvalue weighted by molar-refractivity contribution is 9.10. The minimum Gasteiger partial charge on any atom is -0.368 e. The molecule has 1 aliphatic heterocycles. The van der Waals surface area contributed by atoms with Crippen LogP contribution in [0, 0.1) is 6.92 Å². The summed E-state index contributed by atoms with van der Waals surface area (Å²) < 4.78 is 2.54. The van der Waals surface area contributed by atoms with Crippen molar-refractivity contribution in [3.8, 4) is 0 Å². The van der Waals surface area contributed by atoms with E-state index in [1.54, 1.807) is 17.6 Å². The maximum Gasteiger partial charge on any atom is 0.330 e. The fourth-order valence-corrected chi connectivity index (χ4v) is 5.14. The molecule has 1 aliphatic rings. The van der Waals surface area contributed by atoms with E-state index in [9.17, 15) is 9.59 Å². The Kier molecular flexibility index (Phi) is 5.67. The first-order valence-electron chi connectivity index (χ1n) is 10.9. The molecule has 1 saturated heterocycles. The van der Waals surface area contributed by atoms with Crippen molar-refractivity contribution >= 4 is 44.1 Å². The predicted molar refractivity (Wildman–Crippen MR) is 133 cm³/mol. The third-order valence-corrected chi connectivity index (χ3v) is 6.91. The summed E-state index contributed by atoms with van der Waals surface area (Å²) in [5.74, 6) is -0.0923. The van der Waals surface area contributed by atoms with Crippen molar-refractivity contribution in [3.05, 3.63) is 74.4 Å². The zero-order valence-corrected chi connectivity index (χ0v) is 20.1. The van der Waals surface area contributed by atoms with Crippen molar-refractivity contribution in [2.75, 3.05) is 38.1 Å². The summed E-state index contributed by atoms with van der Waals surface area (Å²) in [5, 5.41) is 2.65. The van der Waals surface area contributed by atoms with E-state index in [2.05, 4.69) is 41.0 Å². The van der Waals surface area contributed by atoms with Crippen LogP contribution in [0.25, 0.3) is 16.6 Å². The maximum absolute atomic E-state index is 12.4. The molecule has 0 unspecified atom stereocenters. The van der Waals surface area contributed by atoms with Crippen molar-refractivity contribution in [1.82, 2.24) is 24.6 Å². The zero-order valence-electron chi connectivity index (χ0n) is 18.6. The first-order valence-corrected chi connectivity index (χ1v) is 11.7. The van der Waals surface area contributed by atoms with Gasteiger partial charge in [0.05, 0.1) is 16.7 Å². The molecular weight excluding hydrogens is 484 g/mol. The monoisotopic (exact) mass is 508 g/mol. The molecular formula is C24H25BrN6O2. The summed E-state index contributed by atoms with van der Waals surface area (Å²) >= 11 is 3.62. The SMILES string of the molecule is CNC(=O)c1ccc(N2CCN(Cc3cnc4c(c3)[nH]c(=O)n3ccc(C)c43)CC2)c(Br)c1. The molecule has 0 radical (unpaired) electrons. The van der Waals surface area contributed by atoms with Crippen LogP contribution in [0.4, 0.5) is 5.69 Å². The summed E-state index contributed by atoms with van der Waals surface area (Å²) in [4.78, 5) is 36.6. The topological polar surface area (TPSA) is 85.7 Å². The largest absolute Gasteiger partial charge is 0.368 e. The maximum atomic E-state index is 12.4. The van der Waals surface area contributed by atoms with Crippen molar-refractivity contribution in [3.63, 3.8) is 0 Å². The van der Waals surface area contributed by atoms with Crippen molar-refractivity contribution in [1.29, 1.82) is 0 Å². The lowest BCUT2D eigenvalue weighted by Gasteiger charge is -2.36. The zero-order chi connectivity index (χ0) is 23.1. The number of carbonyl (C=O) groups is 1. The number of hydrogen-bond acceptors (Lipinski definition) is 5. The van der Waals surface area contributed by atoms with E-state index in [-0.39, 0.29) is 11.6 Å². The predicted octanol–water partition coefficient (Wildman–Crippen LogP) is 2.93. The summed E-state index contributed by atoms with van der Waals surface area (Å²) in [6.45, 7) is 6.37. The van der Waals surface area contributed by atoms with E-state index in [1.807, 2.05) is 43.5 Å². The number of fused-ring (bicyclic) bond motifs is 3. The summed E-state index contributed by atoms with van der Waals surface area (Å²) in [7, 11) is 1.63. The van der Waals surface area contributed by atoms with Crippen LogP contribution >= 0.6 is 15.9 Å². The van der Waals surface area contributed by atoms with Gasteiger partial charge >= 0.3 is 5.69 Å². The number of rotatable bonds is 4. The number of nitrogens with zero attached hydrogens (tertiary/aromatic N) is 4. The number of halogens is 1. The summed E-state index contributed by atoms with van der Waals surface area (Å²) in [6, 6.07) is 9.70. The summed E-state index contributed by atoms with van der Waals surface area (Å²) in [6.07, 6.45) is 3.69. The second-order valence-corrected chi connectivity index (χ2v) is 9.25. The number of aromatic amines is 1. The average Bonchev–Trinajstić information content (AvgIpc) is 3.21. The molecule has 4 heterocycles. The van der Waals surface area contributed by atoms with Gasteiger partial charge in [-0.3, -0.25) is 19.1 Å². The number of nitrogens with one attached hydrogen (secondary N) is 2. The van der Waals surface area contributed by atoms with Gasteiger partial charge in [-0.15, -0.1) is 0 Å². The number of hydrogen-bond donors (Lipinski definition) is 2. The number of aromatic nitrogens is 3. The lowest BCUT2D eigenvalue weighted by Crippen LogP contribution is -2.46.